The molecular weight excluding hydrogens is 404 g/mol. The number of piperidine rings is 1. The van der Waals surface area contributed by atoms with E-state index in [9.17, 15) is 9.59 Å². The van der Waals surface area contributed by atoms with Crippen LogP contribution in [0.3, 0.4) is 0 Å². The number of carbonyl (C=O) groups excluding carboxylic acids is 2. The van der Waals surface area contributed by atoms with E-state index in [0.717, 1.165) is 51.7 Å². The van der Waals surface area contributed by atoms with Gasteiger partial charge in [-0.15, -0.1) is 0 Å². The summed E-state index contributed by atoms with van der Waals surface area (Å²) in [5, 5.41) is 3.27. The highest BCUT2D eigenvalue weighted by Gasteiger charge is 2.65. The first-order chi connectivity index (χ1) is 15.6. The number of aromatic nitrogens is 2. The van der Waals surface area contributed by atoms with Gasteiger partial charge in [0.25, 0.3) is 0 Å². The Labute approximate surface area is 190 Å². The molecule has 1 aromatic rings. The molecule has 5 rings (SSSR count). The Morgan fingerprint density at radius 1 is 1.06 bits per heavy atom. The SMILES string of the molecule is CCN1CCC2(CN(c3ncccn3)CC23CCN(C(=O)NC2CCCCC2)CC3)C1=O. The molecular formula is C24H36N6O2. The molecule has 32 heavy (non-hydrogen) atoms. The summed E-state index contributed by atoms with van der Waals surface area (Å²) in [7, 11) is 0. The minimum Gasteiger partial charge on any atom is -0.342 e. The Kier molecular flexibility index (Phi) is 5.72. The molecule has 0 aromatic carbocycles. The van der Waals surface area contributed by atoms with E-state index in [1.165, 1.54) is 19.3 Å². The minimum atomic E-state index is -0.395. The van der Waals surface area contributed by atoms with E-state index < -0.39 is 5.41 Å². The summed E-state index contributed by atoms with van der Waals surface area (Å²) < 4.78 is 0. The monoisotopic (exact) mass is 440 g/mol. The van der Waals surface area contributed by atoms with Gasteiger partial charge in [-0.2, -0.15) is 0 Å². The normalized spacial score (nSPS) is 28.2. The fraction of sp³-hybridized carbons (Fsp3) is 0.750. The highest BCUT2D eigenvalue weighted by molar-refractivity contribution is 5.87. The molecule has 3 saturated heterocycles. The number of nitrogens with one attached hydrogen (secondary N) is 1. The molecule has 8 heteroatoms. The number of likely N-dealkylation sites (tertiary alicyclic amines) is 2. The summed E-state index contributed by atoms with van der Waals surface area (Å²) in [4.78, 5) is 41.8. The number of anilines is 1. The van der Waals surface area contributed by atoms with Gasteiger partial charge in [0.1, 0.15) is 0 Å². The Hall–Kier alpha value is -2.38. The molecule has 8 nitrogen and oxygen atoms in total. The number of carbonyl (C=O) groups is 2. The molecule has 1 atom stereocenters. The van der Waals surface area contributed by atoms with Crippen molar-refractivity contribution in [1.29, 1.82) is 0 Å². The van der Waals surface area contributed by atoms with Crippen molar-refractivity contribution in [2.45, 2.75) is 64.3 Å². The van der Waals surface area contributed by atoms with Crippen molar-refractivity contribution in [3.05, 3.63) is 18.5 Å². The summed E-state index contributed by atoms with van der Waals surface area (Å²) in [6.07, 6.45) is 12.0. The largest absolute Gasteiger partial charge is 0.342 e. The highest BCUT2D eigenvalue weighted by Crippen LogP contribution is 2.58. The van der Waals surface area contributed by atoms with Crippen LogP contribution in [-0.4, -0.2) is 77.0 Å². The summed E-state index contributed by atoms with van der Waals surface area (Å²) in [5.74, 6) is 1.00. The van der Waals surface area contributed by atoms with E-state index in [4.69, 9.17) is 0 Å². The maximum atomic E-state index is 13.7. The van der Waals surface area contributed by atoms with Crippen LogP contribution in [0.5, 0.6) is 0 Å². The van der Waals surface area contributed by atoms with Crippen molar-refractivity contribution in [2.24, 2.45) is 10.8 Å². The van der Waals surface area contributed by atoms with Crippen LogP contribution in [0.2, 0.25) is 0 Å². The Morgan fingerprint density at radius 3 is 2.44 bits per heavy atom. The standard InChI is InChI=1S/C24H36N6O2/c1-2-28-16-11-24(20(28)31)18-30(21-25-12-6-13-26-21)17-23(24)9-14-29(15-10-23)22(32)27-19-7-4-3-5-8-19/h6,12-13,19H,2-5,7-11,14-18H2,1H3,(H,27,32). The molecule has 2 spiro atoms. The third kappa shape index (κ3) is 3.52. The summed E-state index contributed by atoms with van der Waals surface area (Å²) in [5.41, 5.74) is -0.525. The maximum Gasteiger partial charge on any atom is 0.317 e. The number of nitrogens with zero attached hydrogens (tertiary/aromatic N) is 5. The van der Waals surface area contributed by atoms with Crippen LogP contribution < -0.4 is 10.2 Å². The third-order valence-corrected chi connectivity index (χ3v) is 8.63. The topological polar surface area (TPSA) is 81.7 Å². The van der Waals surface area contributed by atoms with Gasteiger partial charge in [-0.3, -0.25) is 4.79 Å². The molecule has 1 aromatic heterocycles. The van der Waals surface area contributed by atoms with Crippen molar-refractivity contribution < 1.29 is 9.59 Å². The smallest absolute Gasteiger partial charge is 0.317 e. The van der Waals surface area contributed by atoms with Gasteiger partial charge in [0.05, 0.1) is 5.41 Å². The van der Waals surface area contributed by atoms with Crippen LogP contribution in [-0.2, 0) is 4.79 Å². The second-order valence-electron chi connectivity index (χ2n) is 10.2. The Balaban J connectivity index is 1.33. The first-order valence-electron chi connectivity index (χ1n) is 12.4. The summed E-state index contributed by atoms with van der Waals surface area (Å²) in [6, 6.07) is 2.23. The van der Waals surface area contributed by atoms with Gasteiger partial charge in [-0.25, -0.2) is 14.8 Å². The average molecular weight is 441 g/mol. The van der Waals surface area contributed by atoms with Crippen LogP contribution in [0, 0.1) is 10.8 Å². The number of hydrogen-bond acceptors (Lipinski definition) is 5. The number of rotatable bonds is 3. The lowest BCUT2D eigenvalue weighted by Crippen LogP contribution is -2.55. The molecule has 174 valence electrons. The zero-order valence-corrected chi connectivity index (χ0v) is 19.3. The van der Waals surface area contributed by atoms with E-state index in [0.29, 0.717) is 37.5 Å². The van der Waals surface area contributed by atoms with Gasteiger partial charge in [0, 0.05) is 63.1 Å². The molecule has 1 aliphatic carbocycles. The van der Waals surface area contributed by atoms with E-state index in [-0.39, 0.29) is 11.4 Å². The quantitative estimate of drug-likeness (QED) is 0.782. The molecule has 1 N–H and O–H groups in total. The molecule has 1 saturated carbocycles. The second kappa shape index (κ2) is 8.52. The van der Waals surface area contributed by atoms with Crippen molar-refractivity contribution >= 4 is 17.9 Å². The van der Waals surface area contributed by atoms with Crippen LogP contribution in [0.1, 0.15) is 58.3 Å². The van der Waals surface area contributed by atoms with Gasteiger partial charge >= 0.3 is 6.03 Å². The van der Waals surface area contributed by atoms with E-state index in [1.807, 2.05) is 15.9 Å². The molecule has 3 amide bonds. The highest BCUT2D eigenvalue weighted by atomic mass is 16.2. The van der Waals surface area contributed by atoms with Gasteiger partial charge < -0.3 is 20.0 Å². The second-order valence-corrected chi connectivity index (χ2v) is 10.2. The third-order valence-electron chi connectivity index (χ3n) is 8.63. The molecule has 4 aliphatic rings. The molecule has 0 radical (unpaired) electrons. The van der Waals surface area contributed by atoms with Crippen LogP contribution >= 0.6 is 0 Å². The predicted octanol–water partition coefficient (Wildman–Crippen LogP) is 2.66. The van der Waals surface area contributed by atoms with E-state index in [1.54, 1.807) is 12.4 Å². The Morgan fingerprint density at radius 2 is 1.78 bits per heavy atom. The molecule has 1 unspecified atom stereocenters. The fourth-order valence-electron chi connectivity index (χ4n) is 6.73. The minimum absolute atomic E-state index is 0.0787. The number of fused-ring (bicyclic) bond motifs is 1. The fourth-order valence-corrected chi connectivity index (χ4v) is 6.73. The number of hydrogen-bond donors (Lipinski definition) is 1. The van der Waals surface area contributed by atoms with Gasteiger partial charge in [-0.05, 0) is 45.1 Å². The molecule has 3 aliphatic heterocycles. The first kappa shape index (κ1) is 21.5. The van der Waals surface area contributed by atoms with Gasteiger partial charge in [0.2, 0.25) is 11.9 Å². The van der Waals surface area contributed by atoms with Gasteiger partial charge in [0.15, 0.2) is 0 Å². The van der Waals surface area contributed by atoms with E-state index in [2.05, 4.69) is 27.1 Å². The van der Waals surface area contributed by atoms with Crippen LogP contribution in [0.4, 0.5) is 10.7 Å². The molecule has 0 bridgehead atoms. The Bertz CT molecular complexity index is 834. The molecule has 4 fully saturated rings. The van der Waals surface area contributed by atoms with Crippen molar-refractivity contribution in [2.75, 3.05) is 44.2 Å². The average Bonchev–Trinajstić information content (AvgIpc) is 3.33. The molecule has 4 heterocycles. The van der Waals surface area contributed by atoms with Gasteiger partial charge in [-0.1, -0.05) is 19.3 Å². The lowest BCUT2D eigenvalue weighted by Gasteiger charge is -2.46. The number of urea groups is 1. The first-order valence-corrected chi connectivity index (χ1v) is 12.4. The van der Waals surface area contributed by atoms with Crippen molar-refractivity contribution in [3.63, 3.8) is 0 Å². The van der Waals surface area contributed by atoms with Crippen molar-refractivity contribution in [1.82, 2.24) is 25.1 Å². The van der Waals surface area contributed by atoms with Crippen molar-refractivity contribution in [3.8, 4) is 0 Å². The predicted molar refractivity (Wildman–Crippen MR) is 122 cm³/mol. The summed E-state index contributed by atoms with van der Waals surface area (Å²) in [6.45, 7) is 6.54. The lowest BCUT2D eigenvalue weighted by atomic mass is 9.60. The maximum absolute atomic E-state index is 13.7. The van der Waals surface area contributed by atoms with Crippen LogP contribution in [0.25, 0.3) is 0 Å². The zero-order valence-electron chi connectivity index (χ0n) is 19.3. The van der Waals surface area contributed by atoms with Crippen LogP contribution in [0.15, 0.2) is 18.5 Å². The number of amides is 3. The summed E-state index contributed by atoms with van der Waals surface area (Å²) >= 11 is 0. The van der Waals surface area contributed by atoms with E-state index >= 15 is 0 Å². The lowest BCUT2D eigenvalue weighted by molar-refractivity contribution is -0.141. The zero-order chi connectivity index (χ0) is 22.2.